The molecule has 2 aliphatic heterocycles. The molecule has 1 saturated heterocycles. The van der Waals surface area contributed by atoms with Crippen LogP contribution in [0, 0.1) is 0 Å². The zero-order valence-electron chi connectivity index (χ0n) is 11.0. The number of sulfonamides is 1. The second-order valence-corrected chi connectivity index (χ2v) is 7.17. The minimum Gasteiger partial charge on any atom is -0.352 e. The summed E-state index contributed by atoms with van der Waals surface area (Å²) in [7, 11) is -3.56. The van der Waals surface area contributed by atoms with Crippen molar-refractivity contribution < 1.29 is 13.2 Å². The molecule has 0 unspecified atom stereocenters. The third-order valence-corrected chi connectivity index (χ3v) is 5.69. The summed E-state index contributed by atoms with van der Waals surface area (Å²) in [6.07, 6.45) is 1.40. The minimum absolute atomic E-state index is 0.106. The monoisotopic (exact) mass is 295 g/mol. The predicted molar refractivity (Wildman–Crippen MR) is 73.8 cm³/mol. The van der Waals surface area contributed by atoms with Crippen LogP contribution in [0.1, 0.15) is 22.3 Å². The Labute approximate surface area is 118 Å². The van der Waals surface area contributed by atoms with Gasteiger partial charge in [0.1, 0.15) is 0 Å². The van der Waals surface area contributed by atoms with Gasteiger partial charge in [-0.15, -0.1) is 0 Å². The highest BCUT2D eigenvalue weighted by Gasteiger charge is 2.32. The summed E-state index contributed by atoms with van der Waals surface area (Å²) in [6, 6.07) is 4.68. The molecule has 2 heterocycles. The van der Waals surface area contributed by atoms with Gasteiger partial charge in [0.25, 0.3) is 5.91 Å². The van der Waals surface area contributed by atoms with Crippen molar-refractivity contribution in [2.24, 2.45) is 5.73 Å². The van der Waals surface area contributed by atoms with Gasteiger partial charge in [-0.3, -0.25) is 4.79 Å². The number of nitrogens with two attached hydrogens (primary N) is 1. The van der Waals surface area contributed by atoms with Crippen molar-refractivity contribution in [3.63, 3.8) is 0 Å². The number of carbonyl (C=O) groups excluding carboxylic acids is 1. The molecule has 3 rings (SSSR count). The summed E-state index contributed by atoms with van der Waals surface area (Å²) in [6.45, 7) is 1.37. The highest BCUT2D eigenvalue weighted by atomic mass is 32.2. The lowest BCUT2D eigenvalue weighted by Gasteiger charge is -2.20. The molecule has 0 radical (unpaired) electrons. The van der Waals surface area contributed by atoms with Crippen molar-refractivity contribution >= 4 is 15.9 Å². The molecule has 0 saturated carbocycles. The Morgan fingerprint density at radius 3 is 2.85 bits per heavy atom. The summed E-state index contributed by atoms with van der Waals surface area (Å²) >= 11 is 0. The van der Waals surface area contributed by atoms with Gasteiger partial charge in [-0.05, 0) is 30.5 Å². The Balaban J connectivity index is 1.98. The summed E-state index contributed by atoms with van der Waals surface area (Å²) in [5.74, 6) is -0.207. The van der Waals surface area contributed by atoms with Crippen molar-refractivity contribution in [1.82, 2.24) is 9.62 Å². The van der Waals surface area contributed by atoms with Gasteiger partial charge >= 0.3 is 0 Å². The van der Waals surface area contributed by atoms with Gasteiger partial charge in [0, 0.05) is 31.2 Å². The third-order valence-electron chi connectivity index (χ3n) is 3.83. The number of rotatable bonds is 2. The van der Waals surface area contributed by atoms with Gasteiger partial charge in [0.05, 0.1) is 4.90 Å². The second kappa shape index (κ2) is 4.83. The third kappa shape index (κ3) is 2.21. The van der Waals surface area contributed by atoms with Crippen LogP contribution in [0.4, 0.5) is 0 Å². The lowest BCUT2D eigenvalue weighted by Crippen LogP contribution is -2.34. The van der Waals surface area contributed by atoms with E-state index in [0.29, 0.717) is 31.6 Å². The van der Waals surface area contributed by atoms with Crippen LogP contribution in [0.5, 0.6) is 0 Å². The number of nitrogens with zero attached hydrogens (tertiary/aromatic N) is 1. The number of nitrogens with one attached hydrogen (secondary N) is 1. The Kier molecular flexibility index (Phi) is 3.27. The van der Waals surface area contributed by atoms with Crippen LogP contribution in [0.15, 0.2) is 23.1 Å². The molecule has 20 heavy (non-hydrogen) atoms. The summed E-state index contributed by atoms with van der Waals surface area (Å²) in [5, 5.41) is 2.73. The van der Waals surface area contributed by atoms with E-state index in [1.165, 1.54) is 10.4 Å². The predicted octanol–water partition coefficient (Wildman–Crippen LogP) is -0.306. The molecular formula is C13H17N3O3S. The highest BCUT2D eigenvalue weighted by Crippen LogP contribution is 2.24. The van der Waals surface area contributed by atoms with E-state index in [4.69, 9.17) is 5.73 Å². The fourth-order valence-electron chi connectivity index (χ4n) is 2.67. The van der Waals surface area contributed by atoms with Crippen LogP contribution in [0.25, 0.3) is 0 Å². The number of hydrogen-bond donors (Lipinski definition) is 2. The Morgan fingerprint density at radius 1 is 1.35 bits per heavy atom. The van der Waals surface area contributed by atoms with Crippen LogP contribution in [-0.2, 0) is 16.4 Å². The fraction of sp³-hybridized carbons (Fsp3) is 0.462. The highest BCUT2D eigenvalue weighted by molar-refractivity contribution is 7.89. The molecule has 2 aliphatic rings. The molecule has 1 fully saturated rings. The van der Waals surface area contributed by atoms with Crippen molar-refractivity contribution in [2.75, 3.05) is 19.6 Å². The molecule has 108 valence electrons. The van der Waals surface area contributed by atoms with Gasteiger partial charge in [0.2, 0.25) is 10.0 Å². The smallest absolute Gasteiger partial charge is 0.251 e. The molecule has 0 aliphatic carbocycles. The number of benzene rings is 1. The maximum atomic E-state index is 12.5. The molecule has 1 aromatic carbocycles. The maximum absolute atomic E-state index is 12.5. The fourth-order valence-corrected chi connectivity index (χ4v) is 4.21. The molecule has 7 heteroatoms. The zero-order valence-corrected chi connectivity index (χ0v) is 11.8. The molecule has 0 aromatic heterocycles. The van der Waals surface area contributed by atoms with Gasteiger partial charge in [0.15, 0.2) is 0 Å². The maximum Gasteiger partial charge on any atom is 0.251 e. The number of carbonyl (C=O) groups is 1. The van der Waals surface area contributed by atoms with Gasteiger partial charge < -0.3 is 11.1 Å². The Morgan fingerprint density at radius 2 is 2.15 bits per heavy atom. The van der Waals surface area contributed by atoms with Crippen LogP contribution < -0.4 is 11.1 Å². The van der Waals surface area contributed by atoms with Crippen LogP contribution in [-0.4, -0.2) is 44.3 Å². The van der Waals surface area contributed by atoms with E-state index in [-0.39, 0.29) is 16.8 Å². The first kappa shape index (κ1) is 13.5. The average Bonchev–Trinajstić information content (AvgIpc) is 2.86. The SMILES string of the molecule is N[C@H]1CCN(S(=O)(=O)c2ccc3c(c2)C(=O)NCC3)C1. The Bertz CT molecular complexity index is 657. The molecule has 0 spiro atoms. The van der Waals surface area contributed by atoms with E-state index in [2.05, 4.69) is 5.32 Å². The van der Waals surface area contributed by atoms with Crippen LogP contribution in [0.2, 0.25) is 0 Å². The molecule has 1 atom stereocenters. The molecular weight excluding hydrogens is 278 g/mol. The largest absolute Gasteiger partial charge is 0.352 e. The van der Waals surface area contributed by atoms with Crippen molar-refractivity contribution in [3.8, 4) is 0 Å². The van der Waals surface area contributed by atoms with Gasteiger partial charge in [-0.25, -0.2) is 8.42 Å². The first-order valence-corrected chi connectivity index (χ1v) is 8.09. The molecule has 1 aromatic rings. The van der Waals surface area contributed by atoms with Gasteiger partial charge in [-0.2, -0.15) is 4.31 Å². The first-order chi connectivity index (χ1) is 9.48. The molecule has 3 N–H and O–H groups in total. The minimum atomic E-state index is -3.56. The summed E-state index contributed by atoms with van der Waals surface area (Å²) < 4.78 is 26.4. The van der Waals surface area contributed by atoms with E-state index in [0.717, 1.165) is 12.0 Å². The number of fused-ring (bicyclic) bond motifs is 1. The first-order valence-electron chi connectivity index (χ1n) is 6.65. The Hall–Kier alpha value is -1.44. The molecule has 0 bridgehead atoms. The number of amides is 1. The van der Waals surface area contributed by atoms with Crippen molar-refractivity contribution in [1.29, 1.82) is 0 Å². The lowest BCUT2D eigenvalue weighted by molar-refractivity contribution is 0.0945. The average molecular weight is 295 g/mol. The summed E-state index contributed by atoms with van der Waals surface area (Å²) in [5.41, 5.74) is 7.12. The topological polar surface area (TPSA) is 92.5 Å². The normalized spacial score (nSPS) is 23.4. The van der Waals surface area contributed by atoms with E-state index < -0.39 is 10.0 Å². The van der Waals surface area contributed by atoms with E-state index >= 15 is 0 Å². The summed E-state index contributed by atoms with van der Waals surface area (Å²) in [4.78, 5) is 12.0. The van der Waals surface area contributed by atoms with Crippen LogP contribution in [0.3, 0.4) is 0 Å². The molecule has 6 nitrogen and oxygen atoms in total. The zero-order chi connectivity index (χ0) is 14.3. The quantitative estimate of drug-likeness (QED) is 0.783. The number of hydrogen-bond acceptors (Lipinski definition) is 4. The lowest BCUT2D eigenvalue weighted by atomic mass is 10.0. The van der Waals surface area contributed by atoms with E-state index in [1.54, 1.807) is 12.1 Å². The van der Waals surface area contributed by atoms with E-state index in [1.807, 2.05) is 0 Å². The standard InChI is InChI=1S/C13H17N3O3S/c14-10-4-6-16(8-10)20(18,19)11-2-1-9-3-5-15-13(17)12(9)7-11/h1-2,7,10H,3-6,8,14H2,(H,15,17)/t10-/m0/s1. The molecule has 1 amide bonds. The van der Waals surface area contributed by atoms with Crippen LogP contribution >= 0.6 is 0 Å². The second-order valence-electron chi connectivity index (χ2n) is 5.24. The van der Waals surface area contributed by atoms with E-state index in [9.17, 15) is 13.2 Å². The van der Waals surface area contributed by atoms with Gasteiger partial charge in [-0.1, -0.05) is 6.07 Å². The van der Waals surface area contributed by atoms with Crippen molar-refractivity contribution in [2.45, 2.75) is 23.8 Å². The van der Waals surface area contributed by atoms with Crippen molar-refractivity contribution in [3.05, 3.63) is 29.3 Å².